The second kappa shape index (κ2) is 7.09. The number of aryl methyl sites for hydroxylation is 1. The van der Waals surface area contributed by atoms with Gasteiger partial charge in [0.1, 0.15) is 18.7 Å². The molecule has 3 rings (SSSR count). The van der Waals surface area contributed by atoms with E-state index >= 15 is 0 Å². The Hall–Kier alpha value is -3.63. The van der Waals surface area contributed by atoms with E-state index in [0.29, 0.717) is 11.3 Å². The monoisotopic (exact) mass is 359 g/mol. The van der Waals surface area contributed by atoms with Crippen molar-refractivity contribution in [3.8, 4) is 0 Å². The van der Waals surface area contributed by atoms with Gasteiger partial charge in [0.05, 0.1) is 23.4 Å². The van der Waals surface area contributed by atoms with Gasteiger partial charge in [-0.15, -0.1) is 5.10 Å². The number of hydrogen-bond donors (Lipinski definition) is 1. The average Bonchev–Trinajstić information content (AvgIpc) is 3.17. The lowest BCUT2D eigenvalue weighted by atomic mass is 10.2. The predicted octanol–water partition coefficient (Wildman–Crippen LogP) is 1.52. The predicted molar refractivity (Wildman–Crippen MR) is 87.8 cm³/mol. The van der Waals surface area contributed by atoms with Crippen LogP contribution in [0.4, 0.5) is 16.2 Å². The summed E-state index contributed by atoms with van der Waals surface area (Å²) in [5.41, 5.74) is 0.916. The van der Waals surface area contributed by atoms with Gasteiger partial charge in [-0.3, -0.25) is 10.1 Å². The summed E-state index contributed by atoms with van der Waals surface area (Å²) in [7, 11) is 0. The van der Waals surface area contributed by atoms with E-state index in [1.165, 1.54) is 27.8 Å². The number of benzene rings is 1. The van der Waals surface area contributed by atoms with Gasteiger partial charge in [-0.1, -0.05) is 18.2 Å². The van der Waals surface area contributed by atoms with Crippen LogP contribution in [0.3, 0.4) is 0 Å². The van der Waals surface area contributed by atoms with E-state index in [4.69, 9.17) is 0 Å². The van der Waals surface area contributed by atoms with Gasteiger partial charge in [0.15, 0.2) is 0 Å². The van der Waals surface area contributed by atoms with Gasteiger partial charge in [-0.05, 0) is 17.9 Å². The van der Waals surface area contributed by atoms with Crippen LogP contribution in [-0.2, 0) is 17.9 Å². The van der Waals surface area contributed by atoms with Crippen LogP contribution in [-0.4, -0.2) is 35.4 Å². The van der Waals surface area contributed by atoms with Gasteiger partial charge in [0, 0.05) is 5.56 Å². The lowest BCUT2D eigenvalue weighted by Gasteiger charge is -2.02. The molecule has 10 nitrogen and oxygen atoms in total. The molecule has 0 aliphatic carbocycles. The number of halogens is 1. The van der Waals surface area contributed by atoms with E-state index in [2.05, 4.69) is 20.5 Å². The van der Waals surface area contributed by atoms with Crippen molar-refractivity contribution in [2.75, 3.05) is 5.32 Å². The lowest BCUT2D eigenvalue weighted by Crippen LogP contribution is -2.21. The van der Waals surface area contributed by atoms with E-state index < -0.39 is 10.8 Å². The molecule has 26 heavy (non-hydrogen) atoms. The first-order valence-electron chi connectivity index (χ1n) is 7.54. The minimum atomic E-state index is -0.632. The highest BCUT2D eigenvalue weighted by molar-refractivity contribution is 5.88. The van der Waals surface area contributed by atoms with Gasteiger partial charge in [0.2, 0.25) is 5.95 Å². The number of nitro groups is 1. The van der Waals surface area contributed by atoms with Crippen LogP contribution in [0.1, 0.15) is 11.3 Å². The SMILES string of the molecule is Cc1cc([N+](=O)[O-])nn1CC(=O)Nc1ncn(Cc2ccccc2F)n1. The number of hydrogen-bond acceptors (Lipinski definition) is 6. The minimum absolute atomic E-state index is 0.0469. The lowest BCUT2D eigenvalue weighted by molar-refractivity contribution is -0.389. The molecule has 0 unspecified atom stereocenters. The standard InChI is InChI=1S/C15H14FN7O3/c1-10-6-13(23(25)26)19-22(10)8-14(24)18-15-17-9-21(20-15)7-11-4-2-3-5-12(11)16/h2-6,9H,7-8H2,1H3,(H,18,20,24). The quantitative estimate of drug-likeness (QED) is 0.526. The molecule has 1 aromatic carbocycles. The van der Waals surface area contributed by atoms with Crippen molar-refractivity contribution in [3.63, 3.8) is 0 Å². The second-order valence-electron chi connectivity index (χ2n) is 5.46. The Morgan fingerprint density at radius 1 is 1.35 bits per heavy atom. The second-order valence-corrected chi connectivity index (χ2v) is 5.46. The third-order valence-corrected chi connectivity index (χ3v) is 3.53. The Balaban J connectivity index is 1.63. The Morgan fingerprint density at radius 3 is 2.81 bits per heavy atom. The summed E-state index contributed by atoms with van der Waals surface area (Å²) in [5.74, 6) is -1.13. The highest BCUT2D eigenvalue weighted by atomic mass is 19.1. The number of carbonyl (C=O) groups excluding carboxylic acids is 1. The zero-order valence-corrected chi connectivity index (χ0v) is 13.7. The molecule has 0 fully saturated rings. The Labute approximate surface area is 146 Å². The summed E-state index contributed by atoms with van der Waals surface area (Å²) in [6, 6.07) is 7.55. The molecule has 134 valence electrons. The number of carbonyl (C=O) groups is 1. The van der Waals surface area contributed by atoms with E-state index in [1.807, 2.05) is 0 Å². The maximum absolute atomic E-state index is 13.6. The molecular weight excluding hydrogens is 345 g/mol. The zero-order chi connectivity index (χ0) is 18.7. The first kappa shape index (κ1) is 17.2. The molecule has 11 heteroatoms. The van der Waals surface area contributed by atoms with Crippen molar-refractivity contribution in [2.24, 2.45) is 0 Å². The largest absolute Gasteiger partial charge is 0.390 e. The van der Waals surface area contributed by atoms with Crippen LogP contribution in [0.15, 0.2) is 36.7 Å². The molecule has 0 saturated heterocycles. The van der Waals surface area contributed by atoms with E-state index in [1.54, 1.807) is 25.1 Å². The fourth-order valence-corrected chi connectivity index (χ4v) is 2.27. The zero-order valence-electron chi connectivity index (χ0n) is 13.7. The van der Waals surface area contributed by atoms with Crippen LogP contribution in [0.25, 0.3) is 0 Å². The Bertz CT molecular complexity index is 966. The maximum atomic E-state index is 13.6. The third-order valence-electron chi connectivity index (χ3n) is 3.53. The van der Waals surface area contributed by atoms with Gasteiger partial charge >= 0.3 is 5.82 Å². The first-order chi connectivity index (χ1) is 12.4. The van der Waals surface area contributed by atoms with E-state index in [-0.39, 0.29) is 30.7 Å². The van der Waals surface area contributed by atoms with Crippen LogP contribution >= 0.6 is 0 Å². The van der Waals surface area contributed by atoms with Crippen molar-refractivity contribution in [2.45, 2.75) is 20.0 Å². The maximum Gasteiger partial charge on any atom is 0.390 e. The Kier molecular flexibility index (Phi) is 4.69. The van der Waals surface area contributed by atoms with Crippen LogP contribution in [0.5, 0.6) is 0 Å². The van der Waals surface area contributed by atoms with E-state index in [0.717, 1.165) is 0 Å². The molecule has 0 atom stereocenters. The normalized spacial score (nSPS) is 10.7. The number of nitrogens with one attached hydrogen (secondary N) is 1. The van der Waals surface area contributed by atoms with Crippen LogP contribution in [0, 0.1) is 22.9 Å². The van der Waals surface area contributed by atoms with Crippen molar-refractivity contribution < 1.29 is 14.1 Å². The minimum Gasteiger partial charge on any atom is -0.358 e. The number of aromatic nitrogens is 5. The molecule has 0 saturated carbocycles. The summed E-state index contributed by atoms with van der Waals surface area (Å²) in [6.07, 6.45) is 1.37. The number of rotatable bonds is 6. The molecular formula is C15H14FN7O3. The van der Waals surface area contributed by atoms with Gasteiger partial charge in [-0.25, -0.2) is 14.1 Å². The number of amides is 1. The molecule has 0 spiro atoms. The summed E-state index contributed by atoms with van der Waals surface area (Å²) in [5, 5.41) is 21.0. The topological polar surface area (TPSA) is 121 Å². The number of anilines is 1. The first-order valence-corrected chi connectivity index (χ1v) is 7.54. The highest BCUT2D eigenvalue weighted by Crippen LogP contribution is 2.11. The van der Waals surface area contributed by atoms with Crippen LogP contribution in [0.2, 0.25) is 0 Å². The third kappa shape index (κ3) is 3.88. The highest BCUT2D eigenvalue weighted by Gasteiger charge is 2.18. The summed E-state index contributed by atoms with van der Waals surface area (Å²) in [6.45, 7) is 1.55. The van der Waals surface area contributed by atoms with Crippen molar-refractivity contribution in [1.82, 2.24) is 24.5 Å². The summed E-state index contributed by atoms with van der Waals surface area (Å²) >= 11 is 0. The summed E-state index contributed by atoms with van der Waals surface area (Å²) in [4.78, 5) is 26.1. The van der Waals surface area contributed by atoms with Crippen molar-refractivity contribution in [3.05, 3.63) is 63.8 Å². The van der Waals surface area contributed by atoms with Gasteiger partial charge < -0.3 is 10.1 Å². The van der Waals surface area contributed by atoms with Gasteiger partial charge in [0.25, 0.3) is 5.91 Å². The molecule has 2 aromatic heterocycles. The van der Waals surface area contributed by atoms with Crippen LogP contribution < -0.4 is 5.32 Å². The van der Waals surface area contributed by atoms with Crippen molar-refractivity contribution >= 4 is 17.7 Å². The van der Waals surface area contributed by atoms with E-state index in [9.17, 15) is 19.3 Å². The molecule has 3 aromatic rings. The average molecular weight is 359 g/mol. The molecule has 1 amide bonds. The number of nitrogens with zero attached hydrogens (tertiary/aromatic N) is 6. The Morgan fingerprint density at radius 2 is 2.12 bits per heavy atom. The molecule has 2 heterocycles. The molecule has 0 aliphatic rings. The molecule has 0 bridgehead atoms. The summed E-state index contributed by atoms with van der Waals surface area (Å²) < 4.78 is 16.2. The fraction of sp³-hybridized carbons (Fsp3) is 0.200. The van der Waals surface area contributed by atoms with Gasteiger partial charge in [-0.2, -0.15) is 4.68 Å². The fourth-order valence-electron chi connectivity index (χ4n) is 2.27. The van der Waals surface area contributed by atoms with Crippen molar-refractivity contribution in [1.29, 1.82) is 0 Å². The molecule has 0 radical (unpaired) electrons. The molecule has 1 N–H and O–H groups in total. The smallest absolute Gasteiger partial charge is 0.358 e. The molecule has 0 aliphatic heterocycles.